The van der Waals surface area contributed by atoms with Crippen LogP contribution in [0.3, 0.4) is 0 Å². The molecule has 1 N–H and O–H groups in total. The lowest BCUT2D eigenvalue weighted by atomic mass is 10.1. The summed E-state index contributed by atoms with van der Waals surface area (Å²) in [7, 11) is 1.60. The minimum absolute atomic E-state index is 0.185. The summed E-state index contributed by atoms with van der Waals surface area (Å²) in [5, 5.41) is 9.26. The molecule has 2 rings (SSSR count). The van der Waals surface area contributed by atoms with E-state index in [0.29, 0.717) is 24.8 Å². The van der Waals surface area contributed by atoms with Crippen LogP contribution in [-0.4, -0.2) is 37.4 Å². The van der Waals surface area contributed by atoms with Gasteiger partial charge in [-0.2, -0.15) is 0 Å². The molecule has 0 spiro atoms. The highest BCUT2D eigenvalue weighted by molar-refractivity contribution is 5.94. The first-order valence-corrected chi connectivity index (χ1v) is 6.83. The van der Waals surface area contributed by atoms with E-state index >= 15 is 0 Å². The Balaban J connectivity index is 2.36. The van der Waals surface area contributed by atoms with Gasteiger partial charge in [0.25, 0.3) is 0 Å². The molecule has 0 saturated heterocycles. The van der Waals surface area contributed by atoms with Gasteiger partial charge in [0, 0.05) is 19.7 Å². The van der Waals surface area contributed by atoms with Crippen molar-refractivity contribution in [3.05, 3.63) is 29.6 Å². The average molecular weight is 281 g/mol. The van der Waals surface area contributed by atoms with Gasteiger partial charge in [0.05, 0.1) is 12.3 Å². The normalized spacial score (nSPS) is 15.9. The third-order valence-corrected chi connectivity index (χ3v) is 3.85. The van der Waals surface area contributed by atoms with E-state index < -0.39 is 11.8 Å². The Bertz CT molecular complexity index is 488. The Hall–Kier alpha value is -1.62. The second kappa shape index (κ2) is 6.22. The molecular formula is C15H20FNO3. The minimum Gasteiger partial charge on any atom is -0.478 e. The van der Waals surface area contributed by atoms with E-state index in [9.17, 15) is 14.3 Å². The van der Waals surface area contributed by atoms with Crippen LogP contribution in [0.4, 0.5) is 10.1 Å². The van der Waals surface area contributed by atoms with E-state index in [4.69, 9.17) is 4.74 Å². The number of carboxylic acids is 1. The molecule has 4 nitrogen and oxygen atoms in total. The number of carbonyl (C=O) groups is 1. The fourth-order valence-electron chi connectivity index (χ4n) is 2.53. The lowest BCUT2D eigenvalue weighted by molar-refractivity contribution is 0.0692. The van der Waals surface area contributed by atoms with E-state index in [-0.39, 0.29) is 11.6 Å². The zero-order valence-corrected chi connectivity index (χ0v) is 11.8. The van der Waals surface area contributed by atoms with Gasteiger partial charge in [-0.05, 0) is 37.8 Å². The number of benzene rings is 1. The van der Waals surface area contributed by atoms with Crippen molar-refractivity contribution in [2.75, 3.05) is 25.2 Å². The van der Waals surface area contributed by atoms with Crippen LogP contribution in [0.15, 0.2) is 18.2 Å². The maximum absolute atomic E-state index is 13.8. The smallest absolute Gasteiger partial charge is 0.340 e. The monoisotopic (exact) mass is 281 g/mol. The number of rotatable bonds is 7. The van der Waals surface area contributed by atoms with Crippen molar-refractivity contribution >= 4 is 11.7 Å². The molecule has 20 heavy (non-hydrogen) atoms. The molecule has 0 radical (unpaired) electrons. The topological polar surface area (TPSA) is 49.8 Å². The Morgan fingerprint density at radius 1 is 1.55 bits per heavy atom. The van der Waals surface area contributed by atoms with E-state index in [1.807, 2.05) is 4.90 Å². The quantitative estimate of drug-likeness (QED) is 0.835. The first kappa shape index (κ1) is 14.8. The molecular weight excluding hydrogens is 261 g/mol. The molecule has 0 aromatic heterocycles. The molecule has 0 bridgehead atoms. The molecule has 5 heteroatoms. The van der Waals surface area contributed by atoms with Gasteiger partial charge in [-0.15, -0.1) is 0 Å². The fraction of sp³-hybridized carbons (Fsp3) is 0.533. The molecule has 0 aliphatic heterocycles. The highest BCUT2D eigenvalue weighted by atomic mass is 19.1. The van der Waals surface area contributed by atoms with Crippen LogP contribution in [0.1, 0.15) is 30.1 Å². The molecule has 1 fully saturated rings. The van der Waals surface area contributed by atoms with Crippen LogP contribution < -0.4 is 4.90 Å². The second-order valence-electron chi connectivity index (χ2n) is 5.20. The summed E-state index contributed by atoms with van der Waals surface area (Å²) in [6, 6.07) is 4.59. The van der Waals surface area contributed by atoms with E-state index in [0.717, 1.165) is 12.8 Å². The lowest BCUT2D eigenvalue weighted by Crippen LogP contribution is -2.38. The zero-order valence-electron chi connectivity index (χ0n) is 11.8. The van der Waals surface area contributed by atoms with Gasteiger partial charge >= 0.3 is 5.97 Å². The largest absolute Gasteiger partial charge is 0.478 e. The molecule has 1 atom stereocenters. The number of hydrogen-bond acceptors (Lipinski definition) is 3. The summed E-state index contributed by atoms with van der Waals surface area (Å²) < 4.78 is 18.9. The van der Waals surface area contributed by atoms with Crippen molar-refractivity contribution in [2.24, 2.45) is 5.92 Å². The maximum atomic E-state index is 13.8. The van der Waals surface area contributed by atoms with Crippen LogP contribution in [-0.2, 0) is 4.74 Å². The molecule has 110 valence electrons. The highest BCUT2D eigenvalue weighted by Crippen LogP contribution is 2.38. The second-order valence-corrected chi connectivity index (χ2v) is 5.20. The number of anilines is 1. The first-order chi connectivity index (χ1) is 9.56. The summed E-state index contributed by atoms with van der Waals surface area (Å²) in [6.45, 7) is 3.09. The van der Waals surface area contributed by atoms with Crippen molar-refractivity contribution in [2.45, 2.75) is 25.8 Å². The van der Waals surface area contributed by atoms with Crippen LogP contribution in [0, 0.1) is 11.7 Å². The van der Waals surface area contributed by atoms with Crippen molar-refractivity contribution < 1.29 is 19.0 Å². The third kappa shape index (κ3) is 3.10. The number of methoxy groups -OCH3 is 1. The molecule has 1 aromatic carbocycles. The standard InChI is InChI=1S/C15H20FNO3/c1-10(11-6-7-11)17(8-9-20-2)13-5-3-4-12(16)14(13)15(18)19/h3-5,10-11H,6-9H2,1-2H3,(H,18,19). The van der Waals surface area contributed by atoms with Crippen molar-refractivity contribution in [3.63, 3.8) is 0 Å². The van der Waals surface area contributed by atoms with Crippen molar-refractivity contribution in [3.8, 4) is 0 Å². The zero-order chi connectivity index (χ0) is 14.7. The fourth-order valence-corrected chi connectivity index (χ4v) is 2.53. The molecule has 1 saturated carbocycles. The highest BCUT2D eigenvalue weighted by Gasteiger charge is 2.33. The van der Waals surface area contributed by atoms with E-state index in [1.54, 1.807) is 19.2 Å². The molecule has 1 aromatic rings. The number of aromatic carboxylic acids is 1. The van der Waals surface area contributed by atoms with Crippen molar-refractivity contribution in [1.82, 2.24) is 0 Å². The Kier molecular flexibility index (Phi) is 4.60. The van der Waals surface area contributed by atoms with Crippen LogP contribution in [0.2, 0.25) is 0 Å². The van der Waals surface area contributed by atoms with Gasteiger partial charge in [0.1, 0.15) is 11.4 Å². The van der Waals surface area contributed by atoms with E-state index in [1.165, 1.54) is 6.07 Å². The van der Waals surface area contributed by atoms with Crippen LogP contribution in [0.25, 0.3) is 0 Å². The number of nitrogens with zero attached hydrogens (tertiary/aromatic N) is 1. The summed E-state index contributed by atoms with van der Waals surface area (Å²) in [4.78, 5) is 13.3. The van der Waals surface area contributed by atoms with Crippen LogP contribution >= 0.6 is 0 Å². The van der Waals surface area contributed by atoms with Gasteiger partial charge in [-0.3, -0.25) is 0 Å². The number of ether oxygens (including phenoxy) is 1. The van der Waals surface area contributed by atoms with Gasteiger partial charge in [0.15, 0.2) is 0 Å². The first-order valence-electron chi connectivity index (χ1n) is 6.83. The summed E-state index contributed by atoms with van der Waals surface area (Å²) >= 11 is 0. The predicted molar refractivity (Wildman–Crippen MR) is 74.8 cm³/mol. The Morgan fingerprint density at radius 2 is 2.25 bits per heavy atom. The maximum Gasteiger partial charge on any atom is 0.340 e. The summed E-state index contributed by atoms with van der Waals surface area (Å²) in [5.74, 6) is -1.37. The third-order valence-electron chi connectivity index (χ3n) is 3.85. The van der Waals surface area contributed by atoms with Gasteiger partial charge in [-0.1, -0.05) is 6.07 Å². The SMILES string of the molecule is COCCN(c1cccc(F)c1C(=O)O)C(C)C1CC1. The molecule has 0 amide bonds. The predicted octanol–water partition coefficient (Wildman–Crippen LogP) is 2.78. The number of hydrogen-bond donors (Lipinski definition) is 1. The minimum atomic E-state index is -1.23. The Labute approximate surface area is 118 Å². The summed E-state index contributed by atoms with van der Waals surface area (Å²) in [6.07, 6.45) is 2.28. The average Bonchev–Trinajstić information content (AvgIpc) is 3.22. The van der Waals surface area contributed by atoms with Gasteiger partial charge in [0.2, 0.25) is 0 Å². The van der Waals surface area contributed by atoms with Crippen LogP contribution in [0.5, 0.6) is 0 Å². The van der Waals surface area contributed by atoms with Gasteiger partial charge < -0.3 is 14.7 Å². The van der Waals surface area contributed by atoms with Gasteiger partial charge in [-0.25, -0.2) is 9.18 Å². The lowest BCUT2D eigenvalue weighted by Gasteiger charge is -2.32. The van der Waals surface area contributed by atoms with Crippen molar-refractivity contribution in [1.29, 1.82) is 0 Å². The summed E-state index contributed by atoms with van der Waals surface area (Å²) in [5.41, 5.74) is 0.185. The molecule has 0 heterocycles. The number of carboxylic acid groups (broad SMARTS) is 1. The van der Waals surface area contributed by atoms with E-state index in [2.05, 4.69) is 6.92 Å². The molecule has 1 unspecified atom stereocenters. The molecule has 1 aliphatic rings. The number of halogens is 1. The Morgan fingerprint density at radius 3 is 2.80 bits per heavy atom. The molecule has 1 aliphatic carbocycles.